The summed E-state index contributed by atoms with van der Waals surface area (Å²) in [4.78, 5) is 6.75. The fourth-order valence-corrected chi connectivity index (χ4v) is 4.47. The van der Waals surface area contributed by atoms with Crippen LogP contribution >= 0.6 is 23.2 Å². The van der Waals surface area contributed by atoms with Crippen LogP contribution in [0, 0.1) is 0 Å². The van der Waals surface area contributed by atoms with Crippen molar-refractivity contribution in [3.63, 3.8) is 0 Å². The van der Waals surface area contributed by atoms with E-state index in [4.69, 9.17) is 27.9 Å². The molecule has 8 heteroatoms. The summed E-state index contributed by atoms with van der Waals surface area (Å²) in [5.74, 6) is -2.63. The first-order valence-electron chi connectivity index (χ1n) is 12.0. The molecule has 1 heterocycles. The Morgan fingerprint density at radius 2 is 1.74 bits per heavy atom. The Morgan fingerprint density at radius 3 is 2.37 bits per heavy atom. The van der Waals surface area contributed by atoms with Gasteiger partial charge in [0, 0.05) is 35.5 Å². The summed E-state index contributed by atoms with van der Waals surface area (Å²) in [6.07, 6.45) is 3.36. The highest BCUT2D eigenvalue weighted by Crippen LogP contribution is 2.36. The van der Waals surface area contributed by atoms with Gasteiger partial charge in [-0.3, -0.25) is 0 Å². The Labute approximate surface area is 215 Å². The molecule has 1 aromatic heterocycles. The summed E-state index contributed by atoms with van der Waals surface area (Å²) in [6.45, 7) is 7.32. The number of nitrogens with zero attached hydrogens (tertiary/aromatic N) is 2. The first-order chi connectivity index (χ1) is 16.6. The van der Waals surface area contributed by atoms with Gasteiger partial charge in [0.05, 0.1) is 16.6 Å². The van der Waals surface area contributed by atoms with Crippen molar-refractivity contribution >= 4 is 34.1 Å². The second-order valence-corrected chi connectivity index (χ2v) is 9.72. The minimum Gasteiger partial charge on any atom is -0.439 e. The topological polar surface area (TPSA) is 45.6 Å². The van der Waals surface area contributed by atoms with Gasteiger partial charge in [-0.2, -0.15) is 0 Å². The Morgan fingerprint density at radius 1 is 1.06 bits per heavy atom. The maximum Gasteiger partial charge on any atom is 0.270 e. The molecule has 1 N–H and O–H groups in total. The lowest BCUT2D eigenvalue weighted by atomic mass is 10.0. The molecule has 0 saturated heterocycles. The van der Waals surface area contributed by atoms with Gasteiger partial charge >= 0.3 is 0 Å². The molecule has 2 aromatic carbocycles. The van der Waals surface area contributed by atoms with Crippen LogP contribution in [0.2, 0.25) is 10.0 Å². The fraction of sp³-hybridized carbons (Fsp3) is 0.444. The third-order valence-electron chi connectivity index (χ3n) is 5.85. The molecule has 0 fully saturated rings. The SMILES string of the molecule is CCCCN(CCCC)CC(O)c1cc(Oc2cccc(C(C)(F)F)c2)nc2c(Cl)cc(Cl)cc12. The third-order valence-corrected chi connectivity index (χ3v) is 6.36. The summed E-state index contributed by atoms with van der Waals surface area (Å²) in [5, 5.41) is 12.7. The number of aromatic nitrogens is 1. The van der Waals surface area contributed by atoms with Crippen LogP contribution in [0.1, 0.15) is 63.7 Å². The smallest absolute Gasteiger partial charge is 0.270 e. The Balaban J connectivity index is 2.00. The number of benzene rings is 2. The lowest BCUT2D eigenvalue weighted by Crippen LogP contribution is -2.31. The van der Waals surface area contributed by atoms with E-state index in [0.29, 0.717) is 33.1 Å². The highest BCUT2D eigenvalue weighted by Gasteiger charge is 2.25. The van der Waals surface area contributed by atoms with E-state index in [0.717, 1.165) is 45.7 Å². The van der Waals surface area contributed by atoms with Crippen LogP contribution < -0.4 is 4.74 Å². The predicted octanol–water partition coefficient (Wildman–Crippen LogP) is 8.38. The number of hydrogen-bond donors (Lipinski definition) is 1. The zero-order chi connectivity index (χ0) is 25.6. The van der Waals surface area contributed by atoms with Crippen molar-refractivity contribution in [2.75, 3.05) is 19.6 Å². The second-order valence-electron chi connectivity index (χ2n) is 8.88. The molecule has 0 aliphatic rings. The number of halogens is 4. The normalized spacial score (nSPS) is 12.9. The van der Waals surface area contributed by atoms with E-state index >= 15 is 0 Å². The van der Waals surface area contributed by atoms with Gasteiger partial charge in [-0.25, -0.2) is 13.8 Å². The molecular weight excluding hydrogens is 493 g/mol. The van der Waals surface area contributed by atoms with E-state index in [1.807, 2.05) is 0 Å². The van der Waals surface area contributed by atoms with Gasteiger partial charge in [0.1, 0.15) is 5.75 Å². The summed E-state index contributed by atoms with van der Waals surface area (Å²) in [5.41, 5.74) is 0.834. The molecule has 3 rings (SSSR count). The van der Waals surface area contributed by atoms with E-state index in [-0.39, 0.29) is 17.2 Å². The standard InChI is InChI=1S/C27H32Cl2F2N2O2/c1-4-6-11-33(12-7-5-2)17-24(34)21-16-25(32-26-22(21)14-19(28)15-23(26)29)35-20-10-8-9-18(13-20)27(3,30)31/h8-10,13-16,24,34H,4-7,11-12,17H2,1-3H3. The number of aliphatic hydroxyl groups is 1. The Hall–Kier alpha value is -1.99. The summed E-state index contributed by atoms with van der Waals surface area (Å²) < 4.78 is 33.5. The summed E-state index contributed by atoms with van der Waals surface area (Å²) in [7, 11) is 0. The van der Waals surface area contributed by atoms with Gasteiger partial charge in [0.25, 0.3) is 5.92 Å². The van der Waals surface area contributed by atoms with Crippen molar-refractivity contribution in [2.45, 2.75) is 58.5 Å². The molecule has 0 saturated carbocycles. The van der Waals surface area contributed by atoms with Crippen molar-refractivity contribution in [3.05, 3.63) is 63.6 Å². The molecule has 4 nitrogen and oxygen atoms in total. The predicted molar refractivity (Wildman–Crippen MR) is 139 cm³/mol. The van der Waals surface area contributed by atoms with Gasteiger partial charge in [0.15, 0.2) is 0 Å². The first kappa shape index (κ1) is 27.6. The lowest BCUT2D eigenvalue weighted by Gasteiger charge is -2.26. The zero-order valence-electron chi connectivity index (χ0n) is 20.3. The number of alkyl halides is 2. The molecule has 0 aliphatic carbocycles. The zero-order valence-corrected chi connectivity index (χ0v) is 21.8. The van der Waals surface area contributed by atoms with E-state index < -0.39 is 12.0 Å². The van der Waals surface area contributed by atoms with Crippen molar-refractivity contribution in [1.82, 2.24) is 9.88 Å². The van der Waals surface area contributed by atoms with Crippen LogP contribution in [0.4, 0.5) is 8.78 Å². The maximum absolute atomic E-state index is 13.8. The minimum atomic E-state index is -3.00. The maximum atomic E-state index is 13.8. The van der Waals surface area contributed by atoms with Crippen LogP contribution in [0.25, 0.3) is 10.9 Å². The summed E-state index contributed by atoms with van der Waals surface area (Å²) in [6, 6.07) is 10.6. The van der Waals surface area contributed by atoms with Crippen molar-refractivity contribution in [2.24, 2.45) is 0 Å². The van der Waals surface area contributed by atoms with Crippen LogP contribution in [-0.4, -0.2) is 34.6 Å². The molecule has 3 aromatic rings. The van der Waals surface area contributed by atoms with Gasteiger partial charge in [0.2, 0.25) is 5.88 Å². The van der Waals surface area contributed by atoms with E-state index in [1.165, 1.54) is 18.2 Å². The highest BCUT2D eigenvalue weighted by atomic mass is 35.5. The molecule has 190 valence electrons. The molecule has 0 spiro atoms. The van der Waals surface area contributed by atoms with Crippen LogP contribution in [0.3, 0.4) is 0 Å². The Kier molecular flexibility index (Phi) is 9.70. The molecule has 1 atom stereocenters. The van der Waals surface area contributed by atoms with Gasteiger partial charge in [-0.1, -0.05) is 62.0 Å². The fourth-order valence-electron chi connectivity index (χ4n) is 3.94. The molecule has 0 radical (unpaired) electrons. The van der Waals surface area contributed by atoms with Crippen molar-refractivity contribution in [1.29, 1.82) is 0 Å². The van der Waals surface area contributed by atoms with Crippen LogP contribution in [0.15, 0.2) is 42.5 Å². The number of hydrogen-bond acceptors (Lipinski definition) is 4. The number of ether oxygens (including phenoxy) is 1. The van der Waals surface area contributed by atoms with Gasteiger partial charge in [-0.05, 0) is 55.8 Å². The van der Waals surface area contributed by atoms with Gasteiger partial charge in [-0.15, -0.1) is 0 Å². The van der Waals surface area contributed by atoms with Gasteiger partial charge < -0.3 is 14.7 Å². The van der Waals surface area contributed by atoms with E-state index in [2.05, 4.69) is 23.7 Å². The highest BCUT2D eigenvalue weighted by molar-refractivity contribution is 6.38. The molecule has 0 bridgehead atoms. The number of rotatable bonds is 12. The Bertz CT molecular complexity index is 1130. The van der Waals surface area contributed by atoms with Crippen LogP contribution in [0.5, 0.6) is 11.6 Å². The van der Waals surface area contributed by atoms with E-state index in [1.54, 1.807) is 24.3 Å². The monoisotopic (exact) mass is 524 g/mol. The number of aliphatic hydroxyl groups excluding tert-OH is 1. The third kappa shape index (κ3) is 7.50. The molecular formula is C27H32Cl2F2N2O2. The molecule has 0 amide bonds. The first-order valence-corrected chi connectivity index (χ1v) is 12.7. The van der Waals surface area contributed by atoms with E-state index in [9.17, 15) is 13.9 Å². The average Bonchev–Trinajstić information content (AvgIpc) is 2.80. The summed E-state index contributed by atoms with van der Waals surface area (Å²) >= 11 is 12.7. The average molecular weight is 525 g/mol. The minimum absolute atomic E-state index is 0.154. The van der Waals surface area contributed by atoms with Crippen molar-refractivity contribution in [3.8, 4) is 11.6 Å². The number of fused-ring (bicyclic) bond motifs is 1. The largest absolute Gasteiger partial charge is 0.439 e. The molecule has 1 unspecified atom stereocenters. The second kappa shape index (κ2) is 12.3. The molecule has 35 heavy (non-hydrogen) atoms. The molecule has 0 aliphatic heterocycles. The number of pyridine rings is 1. The van der Waals surface area contributed by atoms with Crippen molar-refractivity contribution < 1.29 is 18.6 Å². The van der Waals surface area contributed by atoms with Crippen LogP contribution in [-0.2, 0) is 5.92 Å². The number of unbranched alkanes of at least 4 members (excludes halogenated alkanes) is 2. The lowest BCUT2D eigenvalue weighted by molar-refractivity contribution is 0.0173. The quantitative estimate of drug-likeness (QED) is 0.258.